The molecule has 0 saturated carbocycles. The van der Waals surface area contributed by atoms with Crippen LogP contribution in [0.5, 0.6) is 0 Å². The van der Waals surface area contributed by atoms with Crippen LogP contribution in [0.2, 0.25) is 0 Å². The first-order valence-electron chi connectivity index (χ1n) is 17.6. The molecule has 0 unspecified atom stereocenters. The fourth-order valence-corrected chi connectivity index (χ4v) is 7.62. The molecule has 251 valence electrons. The maximum Gasteiger partial charge on any atom is 0.0239 e. The van der Waals surface area contributed by atoms with Gasteiger partial charge in [0, 0.05) is 26.3 Å². The zero-order chi connectivity index (χ0) is 34.4. The normalized spacial score (nSPS) is 12.4. The van der Waals surface area contributed by atoms with Crippen molar-refractivity contribution in [2.24, 2.45) is 0 Å². The molecule has 0 fully saturated rings. The van der Waals surface area contributed by atoms with E-state index in [4.69, 9.17) is 4.98 Å². The van der Waals surface area contributed by atoms with Gasteiger partial charge >= 0.3 is 0 Å². The van der Waals surface area contributed by atoms with Crippen molar-refractivity contribution in [1.29, 1.82) is 0 Å². The van der Waals surface area contributed by atoms with Crippen molar-refractivity contribution < 1.29 is 20.1 Å². The third-order valence-electron chi connectivity index (χ3n) is 10.4. The van der Waals surface area contributed by atoms with Crippen LogP contribution < -0.4 is 0 Å². The van der Waals surface area contributed by atoms with E-state index in [2.05, 4.69) is 196 Å². The number of hydrogen-bond donors (Lipinski definition) is 0. The van der Waals surface area contributed by atoms with Crippen molar-refractivity contribution in [2.75, 3.05) is 0 Å². The Kier molecular flexibility index (Phi) is 8.89. The molecule has 0 atom stereocenters. The van der Waals surface area contributed by atoms with E-state index in [0.717, 1.165) is 22.4 Å². The van der Waals surface area contributed by atoms with Crippen molar-refractivity contribution in [3.8, 4) is 78.0 Å². The Bertz CT molecular complexity index is 2530. The molecule has 1 heterocycles. The molecule has 0 saturated heterocycles. The summed E-state index contributed by atoms with van der Waals surface area (Å²) >= 11 is 0. The Morgan fingerprint density at radius 3 is 1.37 bits per heavy atom. The minimum atomic E-state index is -0.123. The van der Waals surface area contributed by atoms with E-state index in [1.54, 1.807) is 0 Å². The topological polar surface area (TPSA) is 12.9 Å². The zero-order valence-electron chi connectivity index (χ0n) is 29.1. The molecular weight excluding hydrogens is 807 g/mol. The molecule has 1 nitrogen and oxygen atoms in total. The van der Waals surface area contributed by atoms with E-state index in [1.807, 2.05) is 6.20 Å². The van der Waals surface area contributed by atoms with E-state index < -0.39 is 0 Å². The third-order valence-corrected chi connectivity index (χ3v) is 10.4. The molecule has 7 aromatic carbocycles. The van der Waals surface area contributed by atoms with E-state index in [9.17, 15) is 0 Å². The van der Waals surface area contributed by atoms with Gasteiger partial charge in [-0.1, -0.05) is 171 Å². The van der Waals surface area contributed by atoms with Crippen LogP contribution in [-0.2, 0) is 25.5 Å². The van der Waals surface area contributed by atoms with Gasteiger partial charge < -0.3 is 4.98 Å². The van der Waals surface area contributed by atoms with E-state index in [1.165, 1.54) is 66.8 Å². The predicted octanol–water partition coefficient (Wildman–Crippen LogP) is 13.2. The second-order valence-electron chi connectivity index (χ2n) is 14.0. The second-order valence-corrected chi connectivity index (χ2v) is 14.0. The number of nitrogens with zero attached hydrogens (tertiary/aromatic N) is 1. The van der Waals surface area contributed by atoms with Crippen molar-refractivity contribution in [3.63, 3.8) is 0 Å². The Balaban J connectivity index is 0.00000387. The molecular formula is C50H36IrN-. The summed E-state index contributed by atoms with van der Waals surface area (Å²) in [6.07, 6.45) is 1.99. The van der Waals surface area contributed by atoms with Gasteiger partial charge in [-0.25, -0.2) is 0 Å². The first-order valence-corrected chi connectivity index (χ1v) is 17.6. The summed E-state index contributed by atoms with van der Waals surface area (Å²) in [5.41, 5.74) is 19.0. The van der Waals surface area contributed by atoms with Crippen LogP contribution in [-0.4, -0.2) is 4.98 Å². The van der Waals surface area contributed by atoms with Gasteiger partial charge in [0.1, 0.15) is 0 Å². The molecule has 0 aliphatic heterocycles. The minimum Gasteiger partial charge on any atom is -0.304 e. The Morgan fingerprint density at radius 2 is 0.846 bits per heavy atom. The fraction of sp³-hybridized carbons (Fsp3) is 0.0600. The van der Waals surface area contributed by atoms with E-state index >= 15 is 0 Å². The van der Waals surface area contributed by atoms with E-state index in [0.29, 0.717) is 0 Å². The molecule has 0 spiro atoms. The van der Waals surface area contributed by atoms with Gasteiger partial charge in [0.2, 0.25) is 0 Å². The predicted molar refractivity (Wildman–Crippen MR) is 213 cm³/mol. The van der Waals surface area contributed by atoms with Gasteiger partial charge in [-0.2, -0.15) is 0 Å². The maximum atomic E-state index is 4.96. The number of aromatic nitrogens is 1. The van der Waals surface area contributed by atoms with Gasteiger partial charge in [0.25, 0.3) is 0 Å². The molecule has 1 aliphatic carbocycles. The standard InChI is InChI=1S/C50H36N.Ir/c1-50(2)47-31-42(35-14-7-4-8-15-35)22-25-45(47)46-26-23-43(32-48(46)50)49-27-24-44(33-51-49)41-21-11-20-40(30-41)39-19-10-18-38(29-39)37-17-9-16-36(28-37)34-12-5-3-6-13-34;/h3-22,24-33H,1-2H3;/q-1;. The Labute approximate surface area is 320 Å². The third kappa shape index (κ3) is 6.15. The SMILES string of the molecule is CC1(C)c2cc(-c3ccc(-c4cccc(-c5cccc(-c6cccc(-c7ccccc7)c6)c5)c4)cn3)[c-]cc2-c2ccc(-c3ccccc3)cc21.[Ir]. The van der Waals surface area contributed by atoms with Gasteiger partial charge in [0.05, 0.1) is 0 Å². The summed E-state index contributed by atoms with van der Waals surface area (Å²) in [4.78, 5) is 4.96. The van der Waals surface area contributed by atoms with Gasteiger partial charge in [-0.15, -0.1) is 29.3 Å². The molecule has 1 radical (unpaired) electrons. The van der Waals surface area contributed by atoms with Crippen molar-refractivity contribution in [1.82, 2.24) is 4.98 Å². The number of hydrogen-bond acceptors (Lipinski definition) is 1. The van der Waals surface area contributed by atoms with Crippen LogP contribution in [0.3, 0.4) is 0 Å². The molecule has 1 aromatic heterocycles. The Hall–Kier alpha value is -5.66. The number of benzene rings is 7. The average molecular weight is 843 g/mol. The van der Waals surface area contributed by atoms with Crippen LogP contribution in [0.25, 0.3) is 78.0 Å². The number of fused-ring (bicyclic) bond motifs is 3. The van der Waals surface area contributed by atoms with Crippen LogP contribution in [0.15, 0.2) is 182 Å². The number of pyridine rings is 1. The van der Waals surface area contributed by atoms with Crippen molar-refractivity contribution in [2.45, 2.75) is 19.3 Å². The maximum absolute atomic E-state index is 4.96. The molecule has 2 heteroatoms. The minimum absolute atomic E-state index is 0. The molecule has 0 bridgehead atoms. The van der Waals surface area contributed by atoms with Crippen LogP contribution >= 0.6 is 0 Å². The smallest absolute Gasteiger partial charge is 0.0239 e. The first-order chi connectivity index (χ1) is 25.0. The summed E-state index contributed by atoms with van der Waals surface area (Å²) < 4.78 is 0. The molecule has 0 amide bonds. The Morgan fingerprint density at radius 1 is 0.404 bits per heavy atom. The molecule has 0 N–H and O–H groups in total. The molecule has 1 aliphatic rings. The van der Waals surface area contributed by atoms with Crippen LogP contribution in [0.4, 0.5) is 0 Å². The van der Waals surface area contributed by atoms with E-state index in [-0.39, 0.29) is 25.5 Å². The largest absolute Gasteiger partial charge is 0.304 e. The van der Waals surface area contributed by atoms with Crippen LogP contribution in [0.1, 0.15) is 25.0 Å². The average Bonchev–Trinajstić information content (AvgIpc) is 3.43. The molecule has 8 aromatic rings. The van der Waals surface area contributed by atoms with Gasteiger partial charge in [-0.05, 0) is 90.5 Å². The zero-order valence-corrected chi connectivity index (χ0v) is 31.5. The summed E-state index contributed by atoms with van der Waals surface area (Å²) in [6.45, 7) is 4.66. The quantitative estimate of drug-likeness (QED) is 0.152. The van der Waals surface area contributed by atoms with Crippen molar-refractivity contribution >= 4 is 0 Å². The summed E-state index contributed by atoms with van der Waals surface area (Å²) in [5, 5.41) is 0. The summed E-state index contributed by atoms with van der Waals surface area (Å²) in [6, 6.07) is 66.8. The van der Waals surface area contributed by atoms with Gasteiger partial charge in [-0.3, -0.25) is 0 Å². The summed E-state index contributed by atoms with van der Waals surface area (Å²) in [5.74, 6) is 0. The fourth-order valence-electron chi connectivity index (χ4n) is 7.62. The summed E-state index contributed by atoms with van der Waals surface area (Å²) in [7, 11) is 0. The van der Waals surface area contributed by atoms with Crippen molar-refractivity contribution in [3.05, 3.63) is 199 Å². The molecule has 52 heavy (non-hydrogen) atoms. The monoisotopic (exact) mass is 843 g/mol. The van der Waals surface area contributed by atoms with Gasteiger partial charge in [0.15, 0.2) is 0 Å². The molecule has 9 rings (SSSR count). The number of rotatable bonds is 6. The second kappa shape index (κ2) is 13.8. The van der Waals surface area contributed by atoms with Crippen LogP contribution in [0, 0.1) is 6.07 Å². The first kappa shape index (κ1) is 33.5.